The number of carbonyl (C=O) groups is 2. The zero-order valence-corrected chi connectivity index (χ0v) is 30.7. The van der Waals surface area contributed by atoms with E-state index in [0.29, 0.717) is 24.7 Å². The molecule has 2 unspecified atom stereocenters. The van der Waals surface area contributed by atoms with Gasteiger partial charge in [-0.05, 0) is 76.0 Å². The quantitative estimate of drug-likeness (QED) is 0.231. The molecule has 51 heavy (non-hydrogen) atoms. The van der Waals surface area contributed by atoms with E-state index >= 15 is 0 Å². The Kier molecular flexibility index (Phi) is 9.58. The summed E-state index contributed by atoms with van der Waals surface area (Å²) in [5.41, 5.74) is -1.46. The molecular weight excluding hydrogens is 668 g/mol. The normalized spacial score (nSPS) is 51.8. The summed E-state index contributed by atoms with van der Waals surface area (Å²) < 4.78 is 44.9. The second kappa shape index (κ2) is 13.4. The lowest BCUT2D eigenvalue weighted by atomic mass is 9.58. The average molecular weight is 725 g/mol. The number of esters is 1. The van der Waals surface area contributed by atoms with Gasteiger partial charge in [-0.1, -0.05) is 27.7 Å². The molecule has 0 aromatic carbocycles. The number of carbonyl (C=O) groups excluding carboxylic acids is 1. The van der Waals surface area contributed by atoms with Crippen LogP contribution in [0, 0.1) is 47.3 Å². The number of hydrogen-bond donors (Lipinski definition) is 1. The van der Waals surface area contributed by atoms with E-state index in [2.05, 4.69) is 27.7 Å². The molecule has 8 aliphatic heterocycles. The lowest BCUT2D eigenvalue weighted by Crippen LogP contribution is -2.70. The maximum atomic E-state index is 12.9. The number of carboxylic acids is 1. The molecule has 288 valence electrons. The van der Waals surface area contributed by atoms with E-state index in [-0.39, 0.29) is 61.6 Å². The highest BCUT2D eigenvalue weighted by Crippen LogP contribution is 2.62. The summed E-state index contributed by atoms with van der Waals surface area (Å²) in [5, 5.41) is 9.18. The Morgan fingerprint density at radius 1 is 0.667 bits per heavy atom. The highest BCUT2D eigenvalue weighted by molar-refractivity contribution is 5.76. The second-order valence-corrected chi connectivity index (χ2v) is 17.2. The first kappa shape index (κ1) is 36.5. The summed E-state index contributed by atoms with van der Waals surface area (Å²) in [7, 11) is 0. The molecule has 0 aromatic rings. The Morgan fingerprint density at radius 2 is 1.14 bits per heavy atom. The number of aliphatic carboxylic acids is 1. The third kappa shape index (κ3) is 6.08. The van der Waals surface area contributed by atoms with Crippen LogP contribution in [0.4, 0.5) is 0 Å². The molecule has 8 heterocycles. The molecule has 14 heteroatoms. The molecule has 4 bridgehead atoms. The van der Waals surface area contributed by atoms with Crippen molar-refractivity contribution in [2.45, 2.75) is 160 Å². The van der Waals surface area contributed by atoms with Gasteiger partial charge in [-0.15, -0.1) is 0 Å². The minimum Gasteiger partial charge on any atom is -0.481 e. The van der Waals surface area contributed by atoms with E-state index in [0.717, 1.165) is 38.5 Å². The van der Waals surface area contributed by atoms with Crippen molar-refractivity contribution in [2.75, 3.05) is 13.2 Å². The summed E-state index contributed by atoms with van der Waals surface area (Å²) in [6.45, 7) is 12.4. The third-order valence-corrected chi connectivity index (χ3v) is 13.9. The highest BCUT2D eigenvalue weighted by Gasteiger charge is 2.71. The standard InChI is InChI=1S/C37H56O14/c1-19-7-9-26-21(3)30(44-32-36(26)24(19)13-15-34(5,46-32)48-50-36)41-17-23(43-29(40)12-11-28(38)39)18-42-31-22(4)27-10-8-20(2)25-14-16-35(6)47-33(45-31)37(25,27)51-49-35/h19-27,30-33H,7-18H2,1-6H3,(H,38,39)/t19-,20-,21-,22-,23?,24+,25+,26+,27+,30?,31?,32+,33+,34-,35-,36-,37-/m1/s1. The summed E-state index contributed by atoms with van der Waals surface area (Å²) in [6, 6.07) is 0. The number of ether oxygens (including phenoxy) is 7. The first-order valence-corrected chi connectivity index (χ1v) is 19.3. The smallest absolute Gasteiger partial charge is 0.306 e. The fraction of sp³-hybridized carbons (Fsp3) is 0.946. The minimum absolute atomic E-state index is 0.0439. The molecule has 2 aliphatic carbocycles. The second-order valence-electron chi connectivity index (χ2n) is 17.2. The summed E-state index contributed by atoms with van der Waals surface area (Å²) in [6.07, 6.45) is 2.99. The number of carboxylic acid groups (broad SMARTS) is 1. The number of rotatable bonds is 10. The van der Waals surface area contributed by atoms with E-state index in [1.807, 2.05) is 13.8 Å². The highest BCUT2D eigenvalue weighted by atomic mass is 17.3. The first-order valence-electron chi connectivity index (χ1n) is 19.3. The van der Waals surface area contributed by atoms with E-state index in [1.54, 1.807) is 0 Å². The van der Waals surface area contributed by atoms with Gasteiger partial charge in [0.15, 0.2) is 36.4 Å². The minimum atomic E-state index is -1.08. The van der Waals surface area contributed by atoms with Gasteiger partial charge in [0.25, 0.3) is 0 Å². The molecule has 0 amide bonds. The van der Waals surface area contributed by atoms with Crippen LogP contribution in [0.5, 0.6) is 0 Å². The monoisotopic (exact) mass is 724 g/mol. The van der Waals surface area contributed by atoms with Crippen molar-refractivity contribution in [1.29, 1.82) is 0 Å². The van der Waals surface area contributed by atoms with Gasteiger partial charge < -0.3 is 38.3 Å². The van der Waals surface area contributed by atoms with Gasteiger partial charge in [0, 0.05) is 36.5 Å². The van der Waals surface area contributed by atoms with Crippen LogP contribution in [-0.4, -0.2) is 84.3 Å². The van der Waals surface area contributed by atoms with Crippen molar-refractivity contribution in [2.24, 2.45) is 47.3 Å². The van der Waals surface area contributed by atoms with Crippen molar-refractivity contribution >= 4 is 11.9 Å². The van der Waals surface area contributed by atoms with Gasteiger partial charge in [-0.3, -0.25) is 9.59 Å². The Hall–Kier alpha value is -1.46. The Labute approximate surface area is 299 Å². The maximum Gasteiger partial charge on any atom is 0.306 e. The van der Waals surface area contributed by atoms with E-state index in [4.69, 9.17) is 52.7 Å². The van der Waals surface area contributed by atoms with Gasteiger partial charge in [0.2, 0.25) is 11.6 Å². The van der Waals surface area contributed by atoms with E-state index < -0.39 is 66.0 Å². The van der Waals surface area contributed by atoms with Gasteiger partial charge >= 0.3 is 11.9 Å². The average Bonchev–Trinajstić information content (AvgIpc) is 3.46. The van der Waals surface area contributed by atoms with Gasteiger partial charge in [-0.2, -0.15) is 0 Å². The van der Waals surface area contributed by atoms with Crippen molar-refractivity contribution in [3.05, 3.63) is 0 Å². The number of fused-ring (bicyclic) bond motifs is 4. The summed E-state index contributed by atoms with van der Waals surface area (Å²) in [5.74, 6) is -2.31. The molecule has 10 fully saturated rings. The van der Waals surface area contributed by atoms with Crippen LogP contribution in [0.1, 0.15) is 106 Å². The van der Waals surface area contributed by atoms with Crippen molar-refractivity contribution < 1.29 is 67.4 Å². The third-order valence-electron chi connectivity index (χ3n) is 13.9. The zero-order valence-electron chi connectivity index (χ0n) is 30.7. The van der Waals surface area contributed by atoms with Gasteiger partial charge in [-0.25, -0.2) is 19.6 Å². The molecule has 14 nitrogen and oxygen atoms in total. The predicted octanol–water partition coefficient (Wildman–Crippen LogP) is 5.21. The fourth-order valence-corrected chi connectivity index (χ4v) is 11.1. The van der Waals surface area contributed by atoms with Crippen molar-refractivity contribution in [1.82, 2.24) is 0 Å². The largest absolute Gasteiger partial charge is 0.481 e. The topological polar surface area (TPSA) is 156 Å². The molecule has 10 rings (SSSR count). The summed E-state index contributed by atoms with van der Waals surface area (Å²) >= 11 is 0. The zero-order chi connectivity index (χ0) is 35.9. The Bertz CT molecular complexity index is 1250. The molecular formula is C37H56O14. The fourth-order valence-electron chi connectivity index (χ4n) is 11.1. The van der Waals surface area contributed by atoms with Crippen LogP contribution in [0.3, 0.4) is 0 Å². The predicted molar refractivity (Wildman–Crippen MR) is 172 cm³/mol. The van der Waals surface area contributed by atoms with E-state index in [1.165, 1.54) is 0 Å². The van der Waals surface area contributed by atoms with Crippen LogP contribution >= 0.6 is 0 Å². The molecule has 2 saturated carbocycles. The molecule has 8 saturated heterocycles. The van der Waals surface area contributed by atoms with Crippen LogP contribution in [-0.2, 0) is 62.3 Å². The maximum absolute atomic E-state index is 12.9. The molecule has 1 N–H and O–H groups in total. The van der Waals surface area contributed by atoms with Crippen molar-refractivity contribution in [3.63, 3.8) is 0 Å². The van der Waals surface area contributed by atoms with Crippen LogP contribution in [0.2, 0.25) is 0 Å². The van der Waals surface area contributed by atoms with E-state index in [9.17, 15) is 14.7 Å². The molecule has 16 atom stereocenters. The molecule has 0 aromatic heterocycles. The lowest BCUT2D eigenvalue weighted by molar-refractivity contribution is -0.578. The Morgan fingerprint density at radius 3 is 1.59 bits per heavy atom. The summed E-state index contributed by atoms with van der Waals surface area (Å²) in [4.78, 5) is 48.5. The van der Waals surface area contributed by atoms with Crippen LogP contribution in [0.25, 0.3) is 0 Å². The lowest BCUT2D eigenvalue weighted by Gasteiger charge is -2.60. The van der Waals surface area contributed by atoms with Crippen LogP contribution in [0.15, 0.2) is 0 Å². The van der Waals surface area contributed by atoms with Crippen molar-refractivity contribution in [3.8, 4) is 0 Å². The van der Waals surface area contributed by atoms with Crippen LogP contribution < -0.4 is 0 Å². The molecule has 2 spiro atoms. The molecule has 0 radical (unpaired) electrons. The Balaban J connectivity index is 0.977. The SMILES string of the molecule is C[C@@H]1CC[C@H]2[C@@H](C)C(OCC(COC3O[C@H]4O[C@@]5(C)CC[C@H]6[C@H](C)CC[C@@H]([C@H]3C)[C@@]46OO5)OC(=O)CCC(=O)O)O[C@H]3O[C@@]4(C)CC[C@@H]1[C@]32OO4. The first-order chi connectivity index (χ1) is 24.3. The molecule has 10 aliphatic rings. The van der Waals surface area contributed by atoms with Gasteiger partial charge in [0.05, 0.1) is 26.1 Å². The number of hydrogen-bond acceptors (Lipinski definition) is 13. The van der Waals surface area contributed by atoms with Gasteiger partial charge in [0.1, 0.15) is 6.10 Å².